The van der Waals surface area contributed by atoms with Gasteiger partial charge in [0.1, 0.15) is 12.0 Å². The summed E-state index contributed by atoms with van der Waals surface area (Å²) in [6, 6.07) is 8.81. The van der Waals surface area contributed by atoms with Crippen molar-refractivity contribution in [2.75, 3.05) is 11.4 Å². The number of hydrogen-bond donors (Lipinski definition) is 0. The van der Waals surface area contributed by atoms with Gasteiger partial charge in [-0.15, -0.1) is 0 Å². The maximum atomic E-state index is 12.6. The molecule has 3 heterocycles. The van der Waals surface area contributed by atoms with Gasteiger partial charge in [0, 0.05) is 36.6 Å². The summed E-state index contributed by atoms with van der Waals surface area (Å²) in [6.07, 6.45) is 2.83. The number of nitrogens with zero attached hydrogens (tertiary/aromatic N) is 3. The van der Waals surface area contributed by atoms with Gasteiger partial charge < -0.3 is 14.1 Å². The highest BCUT2D eigenvalue weighted by Gasteiger charge is 2.36. The lowest BCUT2D eigenvalue weighted by Gasteiger charge is -2.17. The fraction of sp³-hybridized carbons (Fsp3) is 0.292. The highest BCUT2D eigenvalue weighted by atomic mass is 32.2. The highest BCUT2D eigenvalue weighted by Crippen LogP contribution is 2.28. The first-order valence-corrected chi connectivity index (χ1v) is 11.4. The number of amides is 1. The minimum Gasteiger partial charge on any atom is -0.464 e. The summed E-state index contributed by atoms with van der Waals surface area (Å²) in [4.78, 5) is 47.6. The van der Waals surface area contributed by atoms with Crippen LogP contribution in [-0.2, 0) is 15.3 Å². The van der Waals surface area contributed by atoms with Crippen molar-refractivity contribution in [1.82, 2.24) is 9.97 Å². The average molecular weight is 466 g/mol. The van der Waals surface area contributed by atoms with Crippen LogP contribution in [-0.4, -0.2) is 28.4 Å². The molecule has 1 unspecified atom stereocenters. The molecule has 0 aliphatic carbocycles. The number of rotatable bonds is 6. The van der Waals surface area contributed by atoms with Crippen molar-refractivity contribution in [2.45, 2.75) is 38.1 Å². The predicted molar refractivity (Wildman–Crippen MR) is 123 cm³/mol. The van der Waals surface area contributed by atoms with Crippen molar-refractivity contribution in [3.05, 3.63) is 75.6 Å². The third kappa shape index (κ3) is 5.31. The molecule has 9 heteroatoms. The molecule has 0 saturated carbocycles. The van der Waals surface area contributed by atoms with Gasteiger partial charge >= 0.3 is 5.97 Å². The van der Waals surface area contributed by atoms with E-state index in [2.05, 4.69) is 9.97 Å². The highest BCUT2D eigenvalue weighted by molar-refractivity contribution is 7.98. The number of aromatic nitrogens is 2. The van der Waals surface area contributed by atoms with Crippen molar-refractivity contribution in [2.24, 2.45) is 5.92 Å². The van der Waals surface area contributed by atoms with Crippen molar-refractivity contribution in [3.63, 3.8) is 0 Å². The quantitative estimate of drug-likeness (QED) is 0.309. The van der Waals surface area contributed by atoms with E-state index in [9.17, 15) is 14.4 Å². The van der Waals surface area contributed by atoms with Gasteiger partial charge in [-0.1, -0.05) is 17.8 Å². The van der Waals surface area contributed by atoms with Crippen LogP contribution in [0.15, 0.2) is 57.2 Å². The Balaban J connectivity index is 1.38. The molecule has 1 saturated heterocycles. The molecule has 1 aromatic carbocycles. The lowest BCUT2D eigenvalue weighted by molar-refractivity contribution is -0.139. The number of esters is 1. The number of ether oxygens (including phenoxy) is 1. The zero-order chi connectivity index (χ0) is 23.5. The van der Waals surface area contributed by atoms with Crippen LogP contribution >= 0.6 is 11.8 Å². The molecule has 4 rings (SSSR count). The minimum absolute atomic E-state index is 0.0301. The van der Waals surface area contributed by atoms with E-state index in [0.29, 0.717) is 16.7 Å². The Kier molecular flexibility index (Phi) is 6.60. The molecule has 2 aromatic heterocycles. The number of anilines is 1. The fourth-order valence-corrected chi connectivity index (χ4v) is 4.19. The van der Waals surface area contributed by atoms with Gasteiger partial charge in [-0.2, -0.15) is 0 Å². The third-order valence-corrected chi connectivity index (χ3v) is 6.32. The first kappa shape index (κ1) is 22.7. The molecular weight excluding hydrogens is 442 g/mol. The molecule has 0 bridgehead atoms. The second-order valence-corrected chi connectivity index (χ2v) is 8.88. The largest absolute Gasteiger partial charge is 0.464 e. The lowest BCUT2D eigenvalue weighted by atomic mass is 10.1. The summed E-state index contributed by atoms with van der Waals surface area (Å²) in [7, 11) is 0. The minimum atomic E-state index is -0.660. The van der Waals surface area contributed by atoms with Crippen LogP contribution < -0.4 is 15.1 Å². The summed E-state index contributed by atoms with van der Waals surface area (Å²) >= 11 is 1.33. The van der Waals surface area contributed by atoms with E-state index in [0.717, 1.165) is 28.8 Å². The number of thioether (sulfide) groups is 1. The lowest BCUT2D eigenvalue weighted by Crippen LogP contribution is -2.28. The second kappa shape index (κ2) is 9.58. The van der Waals surface area contributed by atoms with E-state index in [1.54, 1.807) is 17.2 Å². The molecule has 1 atom stereocenters. The van der Waals surface area contributed by atoms with E-state index >= 15 is 0 Å². The Bertz CT molecular complexity index is 1270. The van der Waals surface area contributed by atoms with Crippen molar-refractivity contribution >= 4 is 29.3 Å². The Morgan fingerprint density at radius 1 is 1.18 bits per heavy atom. The first-order chi connectivity index (χ1) is 15.8. The SMILES string of the molecule is Cc1ccnc(SCc2cc(=O)c(OC(=O)C3CC(=O)N(c4ccc(C)c(C)c4)C3)co2)n1. The van der Waals surface area contributed by atoms with Crippen molar-refractivity contribution in [1.29, 1.82) is 0 Å². The number of benzene rings is 1. The fourth-order valence-electron chi connectivity index (χ4n) is 3.42. The first-order valence-electron chi connectivity index (χ1n) is 10.4. The normalized spacial score (nSPS) is 15.7. The zero-order valence-corrected chi connectivity index (χ0v) is 19.3. The van der Waals surface area contributed by atoms with Gasteiger partial charge in [-0.3, -0.25) is 14.4 Å². The van der Waals surface area contributed by atoms with E-state index in [1.165, 1.54) is 17.8 Å². The molecule has 3 aromatic rings. The van der Waals surface area contributed by atoms with Gasteiger partial charge in [0.15, 0.2) is 5.16 Å². The molecule has 0 N–H and O–H groups in total. The standard InChI is InChI=1S/C24H23N3O5S/c1-14-4-5-18(8-15(14)2)27-11-17(9-22(27)29)23(30)32-21-12-31-19(10-20(21)28)13-33-24-25-7-6-16(3)26-24/h4-8,10,12,17H,9,11,13H2,1-3H3. The summed E-state index contributed by atoms with van der Waals surface area (Å²) < 4.78 is 10.7. The van der Waals surface area contributed by atoms with Gasteiger partial charge in [-0.05, 0) is 50.1 Å². The van der Waals surface area contributed by atoms with E-state index in [-0.39, 0.29) is 24.6 Å². The Hall–Kier alpha value is -3.46. The van der Waals surface area contributed by atoms with Gasteiger partial charge in [-0.25, -0.2) is 9.97 Å². The van der Waals surface area contributed by atoms with Crippen LogP contribution in [0, 0.1) is 26.7 Å². The maximum Gasteiger partial charge on any atom is 0.316 e. The number of aryl methyl sites for hydroxylation is 3. The van der Waals surface area contributed by atoms with Crippen LogP contribution in [0.25, 0.3) is 0 Å². The summed E-state index contributed by atoms with van der Waals surface area (Å²) in [5.74, 6) is -0.874. The molecule has 0 radical (unpaired) electrons. The molecule has 1 aliphatic heterocycles. The van der Waals surface area contributed by atoms with Crippen LogP contribution in [0.1, 0.15) is 29.0 Å². The number of hydrogen-bond acceptors (Lipinski definition) is 8. The van der Waals surface area contributed by atoms with Crippen LogP contribution in [0.5, 0.6) is 5.75 Å². The molecule has 170 valence electrons. The maximum absolute atomic E-state index is 12.6. The van der Waals surface area contributed by atoms with Gasteiger partial charge in [0.2, 0.25) is 17.1 Å². The van der Waals surface area contributed by atoms with Crippen LogP contribution in [0.2, 0.25) is 0 Å². The van der Waals surface area contributed by atoms with Crippen molar-refractivity contribution in [3.8, 4) is 5.75 Å². The zero-order valence-electron chi connectivity index (χ0n) is 18.5. The monoisotopic (exact) mass is 465 g/mol. The topological polar surface area (TPSA) is 103 Å². The molecule has 0 spiro atoms. The predicted octanol–water partition coefficient (Wildman–Crippen LogP) is 3.61. The Labute approximate surface area is 195 Å². The summed E-state index contributed by atoms with van der Waals surface area (Å²) in [6.45, 7) is 6.04. The Morgan fingerprint density at radius 3 is 2.73 bits per heavy atom. The van der Waals surface area contributed by atoms with Gasteiger partial charge in [0.05, 0.1) is 11.7 Å². The van der Waals surface area contributed by atoms with Crippen molar-refractivity contribution < 1.29 is 18.7 Å². The second-order valence-electron chi connectivity index (χ2n) is 7.94. The summed E-state index contributed by atoms with van der Waals surface area (Å²) in [5, 5.41) is 0.576. The summed E-state index contributed by atoms with van der Waals surface area (Å²) in [5.41, 5.74) is 3.32. The molecule has 1 amide bonds. The number of carbonyl (C=O) groups excluding carboxylic acids is 2. The van der Waals surface area contributed by atoms with Gasteiger partial charge in [0.25, 0.3) is 0 Å². The van der Waals surface area contributed by atoms with Crippen LogP contribution in [0.3, 0.4) is 0 Å². The molecule has 1 fully saturated rings. The van der Waals surface area contributed by atoms with Crippen LogP contribution in [0.4, 0.5) is 5.69 Å². The van der Waals surface area contributed by atoms with E-state index in [1.807, 2.05) is 39.0 Å². The molecule has 1 aliphatic rings. The third-order valence-electron chi connectivity index (χ3n) is 5.44. The van der Waals surface area contributed by atoms with E-state index < -0.39 is 17.3 Å². The van der Waals surface area contributed by atoms with E-state index in [4.69, 9.17) is 9.15 Å². The Morgan fingerprint density at radius 2 is 2.00 bits per heavy atom. The smallest absolute Gasteiger partial charge is 0.316 e. The molecule has 8 nitrogen and oxygen atoms in total. The number of carbonyl (C=O) groups is 2. The average Bonchev–Trinajstić information content (AvgIpc) is 3.18. The molecule has 33 heavy (non-hydrogen) atoms. The molecular formula is C24H23N3O5S.